The van der Waals surface area contributed by atoms with Crippen LogP contribution in [0, 0.1) is 0 Å². The Kier molecular flexibility index (Phi) is 3.23. The second-order valence-electron chi connectivity index (χ2n) is 5.19. The van der Waals surface area contributed by atoms with Crippen LogP contribution in [0.5, 0.6) is 0 Å². The zero-order valence-electron chi connectivity index (χ0n) is 12.1. The Morgan fingerprint density at radius 2 is 2.23 bits per heavy atom. The van der Waals surface area contributed by atoms with Gasteiger partial charge in [-0.2, -0.15) is 9.47 Å². The molecule has 22 heavy (non-hydrogen) atoms. The van der Waals surface area contributed by atoms with Crippen LogP contribution in [0.15, 0.2) is 36.5 Å². The smallest absolute Gasteiger partial charge is 0.178 e. The van der Waals surface area contributed by atoms with Gasteiger partial charge in [0.15, 0.2) is 5.82 Å². The largest absolute Gasteiger partial charge is 0.337 e. The van der Waals surface area contributed by atoms with Gasteiger partial charge in [-0.05, 0) is 48.3 Å². The van der Waals surface area contributed by atoms with Crippen molar-refractivity contribution in [1.82, 2.24) is 19.6 Å². The van der Waals surface area contributed by atoms with Crippen LogP contribution in [0.2, 0.25) is 0 Å². The number of pyridine rings is 1. The van der Waals surface area contributed by atoms with Crippen molar-refractivity contribution in [3.63, 3.8) is 0 Å². The molecule has 0 atom stereocenters. The Morgan fingerprint density at radius 3 is 3.14 bits per heavy atom. The van der Waals surface area contributed by atoms with Crippen LogP contribution in [0.25, 0.3) is 21.1 Å². The van der Waals surface area contributed by atoms with E-state index in [2.05, 4.69) is 50.0 Å². The van der Waals surface area contributed by atoms with Crippen molar-refractivity contribution in [2.45, 2.75) is 19.8 Å². The van der Waals surface area contributed by atoms with Gasteiger partial charge in [-0.15, -0.1) is 0 Å². The Balaban J connectivity index is 1.69. The van der Waals surface area contributed by atoms with Gasteiger partial charge in [-0.3, -0.25) is 10.1 Å². The highest BCUT2D eigenvalue weighted by atomic mass is 32.1. The maximum absolute atomic E-state index is 4.55. The van der Waals surface area contributed by atoms with E-state index in [1.165, 1.54) is 15.8 Å². The van der Waals surface area contributed by atoms with Crippen molar-refractivity contribution in [1.29, 1.82) is 0 Å². The summed E-state index contributed by atoms with van der Waals surface area (Å²) in [5.74, 6) is 0.744. The van der Waals surface area contributed by atoms with E-state index in [0.29, 0.717) is 0 Å². The standard InChI is InChI=1S/C16H15N5S/c1-2-4-12-11-7-6-10(9-14(11)22-21-12)18-16-15-13(19-20-16)5-3-8-17-15/h3,5-9H,2,4H2,1H3,(H2,18,19,20). The van der Waals surface area contributed by atoms with E-state index in [4.69, 9.17) is 0 Å². The van der Waals surface area contributed by atoms with E-state index in [-0.39, 0.29) is 0 Å². The number of aryl methyl sites for hydroxylation is 1. The Hall–Kier alpha value is -2.47. The molecule has 3 heterocycles. The van der Waals surface area contributed by atoms with Gasteiger partial charge in [0.2, 0.25) is 0 Å². The minimum Gasteiger partial charge on any atom is -0.337 e. The van der Waals surface area contributed by atoms with Gasteiger partial charge < -0.3 is 5.32 Å². The molecule has 2 N–H and O–H groups in total. The molecule has 4 rings (SSSR count). The van der Waals surface area contributed by atoms with Crippen LogP contribution in [0.4, 0.5) is 11.5 Å². The molecule has 0 amide bonds. The fourth-order valence-corrected chi connectivity index (χ4v) is 3.42. The SMILES string of the molecule is CCCc1nsc2cc(Nc3n[nH]c4cccnc34)ccc12. The molecule has 0 bridgehead atoms. The van der Waals surface area contributed by atoms with Gasteiger partial charge in [0.25, 0.3) is 0 Å². The molecule has 5 nitrogen and oxygen atoms in total. The van der Waals surface area contributed by atoms with E-state index >= 15 is 0 Å². The number of hydrogen-bond acceptors (Lipinski definition) is 5. The molecule has 0 saturated heterocycles. The zero-order valence-corrected chi connectivity index (χ0v) is 12.9. The number of nitrogens with one attached hydrogen (secondary N) is 2. The van der Waals surface area contributed by atoms with Crippen molar-refractivity contribution in [2.75, 3.05) is 5.32 Å². The number of H-pyrrole nitrogens is 1. The number of aromatic amines is 1. The summed E-state index contributed by atoms with van der Waals surface area (Å²) in [5.41, 5.74) is 3.96. The fraction of sp³-hybridized carbons (Fsp3) is 0.188. The molecule has 1 aromatic carbocycles. The minimum absolute atomic E-state index is 0.744. The maximum atomic E-state index is 4.55. The summed E-state index contributed by atoms with van der Waals surface area (Å²) >= 11 is 1.55. The molecular formula is C16H15N5S. The lowest BCUT2D eigenvalue weighted by atomic mass is 10.1. The third-order valence-corrected chi connectivity index (χ3v) is 4.46. The molecule has 0 aliphatic heterocycles. The van der Waals surface area contributed by atoms with Gasteiger partial charge >= 0.3 is 0 Å². The van der Waals surface area contributed by atoms with Crippen molar-refractivity contribution >= 4 is 44.2 Å². The third kappa shape index (κ3) is 2.21. The predicted octanol–water partition coefficient (Wildman–Crippen LogP) is 4.26. The Morgan fingerprint density at radius 1 is 1.27 bits per heavy atom. The lowest BCUT2D eigenvalue weighted by Crippen LogP contribution is -1.91. The fourth-order valence-electron chi connectivity index (χ4n) is 2.56. The topological polar surface area (TPSA) is 66.5 Å². The van der Waals surface area contributed by atoms with Crippen molar-refractivity contribution in [3.05, 3.63) is 42.2 Å². The lowest BCUT2D eigenvalue weighted by molar-refractivity contribution is 0.908. The molecule has 0 radical (unpaired) electrons. The molecule has 0 saturated carbocycles. The number of anilines is 2. The Bertz CT molecular complexity index is 940. The van der Waals surface area contributed by atoms with E-state index in [1.54, 1.807) is 17.7 Å². The summed E-state index contributed by atoms with van der Waals surface area (Å²) in [6, 6.07) is 10.2. The van der Waals surface area contributed by atoms with E-state index < -0.39 is 0 Å². The summed E-state index contributed by atoms with van der Waals surface area (Å²) in [5, 5.41) is 11.9. The van der Waals surface area contributed by atoms with E-state index in [1.807, 2.05) is 12.1 Å². The van der Waals surface area contributed by atoms with E-state index in [9.17, 15) is 0 Å². The maximum Gasteiger partial charge on any atom is 0.178 e. The summed E-state index contributed by atoms with van der Waals surface area (Å²) in [7, 11) is 0. The number of rotatable bonds is 4. The van der Waals surface area contributed by atoms with Crippen LogP contribution in [0.1, 0.15) is 19.0 Å². The van der Waals surface area contributed by atoms with Crippen LogP contribution < -0.4 is 5.32 Å². The number of aromatic nitrogens is 4. The first-order valence-corrected chi connectivity index (χ1v) is 8.07. The van der Waals surface area contributed by atoms with E-state index in [0.717, 1.165) is 35.4 Å². The normalized spacial score (nSPS) is 11.3. The van der Waals surface area contributed by atoms with Crippen LogP contribution in [-0.2, 0) is 6.42 Å². The summed E-state index contributed by atoms with van der Waals surface area (Å²) < 4.78 is 5.75. The van der Waals surface area contributed by atoms with Gasteiger partial charge in [0.1, 0.15) is 5.52 Å². The average Bonchev–Trinajstić information content (AvgIpc) is 3.13. The summed E-state index contributed by atoms with van der Waals surface area (Å²) in [4.78, 5) is 4.36. The number of nitrogens with zero attached hydrogens (tertiary/aromatic N) is 3. The Labute approximate surface area is 131 Å². The molecule has 0 spiro atoms. The molecule has 0 fully saturated rings. The third-order valence-electron chi connectivity index (χ3n) is 3.62. The van der Waals surface area contributed by atoms with Gasteiger partial charge in [-0.25, -0.2) is 0 Å². The first kappa shape index (κ1) is 13.2. The number of fused-ring (bicyclic) bond motifs is 2. The molecule has 0 unspecified atom stereocenters. The van der Waals surface area contributed by atoms with Crippen LogP contribution in [0.3, 0.4) is 0 Å². The quantitative estimate of drug-likeness (QED) is 0.591. The van der Waals surface area contributed by atoms with Gasteiger partial charge in [0.05, 0.1) is 15.9 Å². The van der Waals surface area contributed by atoms with Gasteiger partial charge in [0, 0.05) is 17.3 Å². The second kappa shape index (κ2) is 5.38. The summed E-state index contributed by atoms with van der Waals surface area (Å²) in [6.07, 6.45) is 3.91. The average molecular weight is 309 g/mol. The second-order valence-corrected chi connectivity index (χ2v) is 5.99. The first-order valence-electron chi connectivity index (χ1n) is 7.29. The van der Waals surface area contributed by atoms with Crippen molar-refractivity contribution in [2.24, 2.45) is 0 Å². The van der Waals surface area contributed by atoms with Crippen LogP contribution >= 0.6 is 11.5 Å². The molecule has 6 heteroatoms. The molecule has 3 aromatic heterocycles. The predicted molar refractivity (Wildman–Crippen MR) is 90.8 cm³/mol. The highest BCUT2D eigenvalue weighted by molar-refractivity contribution is 7.13. The zero-order chi connectivity index (χ0) is 14.9. The van der Waals surface area contributed by atoms with Crippen LogP contribution in [-0.4, -0.2) is 19.6 Å². The van der Waals surface area contributed by atoms with Crippen molar-refractivity contribution < 1.29 is 0 Å². The number of benzene rings is 1. The monoisotopic (exact) mass is 309 g/mol. The molecule has 110 valence electrons. The molecular weight excluding hydrogens is 294 g/mol. The number of hydrogen-bond donors (Lipinski definition) is 2. The first-order chi connectivity index (χ1) is 10.8. The highest BCUT2D eigenvalue weighted by Gasteiger charge is 2.09. The molecule has 0 aliphatic carbocycles. The summed E-state index contributed by atoms with van der Waals surface area (Å²) in [6.45, 7) is 2.18. The minimum atomic E-state index is 0.744. The molecule has 4 aromatic rings. The highest BCUT2D eigenvalue weighted by Crippen LogP contribution is 2.29. The molecule has 0 aliphatic rings. The van der Waals surface area contributed by atoms with Gasteiger partial charge in [-0.1, -0.05) is 13.3 Å². The lowest BCUT2D eigenvalue weighted by Gasteiger charge is -2.03. The van der Waals surface area contributed by atoms with Crippen molar-refractivity contribution in [3.8, 4) is 0 Å².